The van der Waals surface area contributed by atoms with E-state index >= 15 is 0 Å². The lowest BCUT2D eigenvalue weighted by Crippen LogP contribution is -2.13. The maximum absolute atomic E-state index is 11.9. The second-order valence-corrected chi connectivity index (χ2v) is 4.24. The molecule has 4 heteroatoms. The number of anilines is 1. The fourth-order valence-corrected chi connectivity index (χ4v) is 1.75. The molecule has 0 aliphatic heterocycles. The fourth-order valence-electron chi connectivity index (χ4n) is 1.75. The molecule has 0 radical (unpaired) electrons. The number of carbonyl (C=O) groups excluding carboxylic acids is 2. The van der Waals surface area contributed by atoms with Gasteiger partial charge >= 0.3 is 0 Å². The van der Waals surface area contributed by atoms with Crippen LogP contribution in [-0.4, -0.2) is 17.2 Å². The van der Waals surface area contributed by atoms with E-state index in [-0.39, 0.29) is 5.91 Å². The quantitative estimate of drug-likeness (QED) is 0.813. The highest BCUT2D eigenvalue weighted by atomic mass is 16.2. The van der Waals surface area contributed by atoms with E-state index in [4.69, 9.17) is 0 Å². The SMILES string of the molecule is Cc1ccc(NC(=O)c2cc(C=O)c[nH]2)c(C)c1. The number of nitrogens with one attached hydrogen (secondary N) is 2. The van der Waals surface area contributed by atoms with Crippen molar-refractivity contribution in [2.75, 3.05) is 5.32 Å². The third-order valence-electron chi connectivity index (χ3n) is 2.72. The number of aromatic nitrogens is 1. The molecule has 1 aromatic carbocycles. The number of amides is 1. The zero-order chi connectivity index (χ0) is 13.1. The van der Waals surface area contributed by atoms with Crippen molar-refractivity contribution >= 4 is 17.9 Å². The van der Waals surface area contributed by atoms with Crippen LogP contribution in [0.2, 0.25) is 0 Å². The van der Waals surface area contributed by atoms with Crippen molar-refractivity contribution in [1.82, 2.24) is 4.98 Å². The van der Waals surface area contributed by atoms with E-state index in [1.807, 2.05) is 32.0 Å². The first-order valence-electron chi connectivity index (χ1n) is 5.62. The monoisotopic (exact) mass is 242 g/mol. The average molecular weight is 242 g/mol. The van der Waals surface area contributed by atoms with Crippen molar-refractivity contribution < 1.29 is 9.59 Å². The number of benzene rings is 1. The molecule has 0 bridgehead atoms. The van der Waals surface area contributed by atoms with E-state index < -0.39 is 0 Å². The van der Waals surface area contributed by atoms with Gasteiger partial charge in [0.25, 0.3) is 5.91 Å². The largest absolute Gasteiger partial charge is 0.356 e. The molecule has 1 heterocycles. The molecule has 92 valence electrons. The number of H-pyrrole nitrogens is 1. The first-order valence-corrected chi connectivity index (χ1v) is 5.62. The molecule has 0 saturated heterocycles. The second-order valence-electron chi connectivity index (χ2n) is 4.24. The van der Waals surface area contributed by atoms with E-state index in [1.54, 1.807) is 0 Å². The summed E-state index contributed by atoms with van der Waals surface area (Å²) in [5.74, 6) is -0.255. The lowest BCUT2D eigenvalue weighted by molar-refractivity contribution is 0.102. The number of hydrogen-bond donors (Lipinski definition) is 2. The topological polar surface area (TPSA) is 62.0 Å². The summed E-state index contributed by atoms with van der Waals surface area (Å²) in [5.41, 5.74) is 3.75. The van der Waals surface area contributed by atoms with Gasteiger partial charge in [-0.1, -0.05) is 17.7 Å². The van der Waals surface area contributed by atoms with E-state index in [0.717, 1.165) is 16.8 Å². The maximum atomic E-state index is 11.9. The van der Waals surface area contributed by atoms with Gasteiger partial charge in [-0.2, -0.15) is 0 Å². The van der Waals surface area contributed by atoms with Gasteiger partial charge in [-0.25, -0.2) is 0 Å². The Morgan fingerprint density at radius 2 is 2.06 bits per heavy atom. The molecule has 0 aliphatic carbocycles. The van der Waals surface area contributed by atoms with Crippen molar-refractivity contribution in [1.29, 1.82) is 0 Å². The first-order chi connectivity index (χ1) is 8.60. The van der Waals surface area contributed by atoms with Gasteiger partial charge in [0.1, 0.15) is 5.69 Å². The summed E-state index contributed by atoms with van der Waals surface area (Å²) in [6, 6.07) is 7.33. The van der Waals surface area contributed by atoms with Crippen LogP contribution in [0.5, 0.6) is 0 Å². The maximum Gasteiger partial charge on any atom is 0.272 e. The summed E-state index contributed by atoms with van der Waals surface area (Å²) in [4.78, 5) is 25.2. The molecule has 0 saturated carbocycles. The lowest BCUT2D eigenvalue weighted by atomic mass is 10.1. The highest BCUT2D eigenvalue weighted by Crippen LogP contribution is 2.17. The predicted molar refractivity (Wildman–Crippen MR) is 70.0 cm³/mol. The van der Waals surface area contributed by atoms with Crippen LogP contribution in [0, 0.1) is 13.8 Å². The van der Waals surface area contributed by atoms with Crippen LogP contribution < -0.4 is 5.32 Å². The molecule has 2 rings (SSSR count). The number of carbonyl (C=O) groups is 2. The normalized spacial score (nSPS) is 10.1. The Labute approximate surface area is 105 Å². The van der Waals surface area contributed by atoms with Crippen LogP contribution in [0.3, 0.4) is 0 Å². The molecular formula is C14H14N2O2. The molecule has 0 unspecified atom stereocenters. The zero-order valence-corrected chi connectivity index (χ0v) is 10.3. The third kappa shape index (κ3) is 2.48. The molecule has 0 atom stereocenters. The van der Waals surface area contributed by atoms with Crippen molar-refractivity contribution in [3.63, 3.8) is 0 Å². The molecule has 1 aromatic heterocycles. The summed E-state index contributed by atoms with van der Waals surface area (Å²) in [5, 5.41) is 2.81. The predicted octanol–water partition coefficient (Wildman–Crippen LogP) is 2.70. The Balaban J connectivity index is 2.18. The Bertz CT molecular complexity index is 600. The summed E-state index contributed by atoms with van der Waals surface area (Å²) in [6.07, 6.45) is 2.20. The van der Waals surface area contributed by atoms with Crippen molar-refractivity contribution in [3.05, 3.63) is 52.8 Å². The number of rotatable bonds is 3. The van der Waals surface area contributed by atoms with Crippen LogP contribution in [-0.2, 0) is 0 Å². The molecule has 2 aromatic rings. The zero-order valence-electron chi connectivity index (χ0n) is 10.3. The van der Waals surface area contributed by atoms with E-state index in [2.05, 4.69) is 10.3 Å². The number of aldehydes is 1. The van der Waals surface area contributed by atoms with Crippen molar-refractivity contribution in [3.8, 4) is 0 Å². The van der Waals surface area contributed by atoms with Gasteiger partial charge in [0.2, 0.25) is 0 Å². The van der Waals surface area contributed by atoms with Crippen LogP contribution in [0.25, 0.3) is 0 Å². The van der Waals surface area contributed by atoms with Gasteiger partial charge in [0.05, 0.1) is 0 Å². The molecule has 2 N–H and O–H groups in total. The second kappa shape index (κ2) is 4.87. The van der Waals surface area contributed by atoms with E-state index in [1.165, 1.54) is 12.3 Å². The minimum absolute atomic E-state index is 0.255. The molecule has 1 amide bonds. The smallest absolute Gasteiger partial charge is 0.272 e. The minimum atomic E-state index is -0.255. The summed E-state index contributed by atoms with van der Waals surface area (Å²) >= 11 is 0. The van der Waals surface area contributed by atoms with E-state index in [9.17, 15) is 9.59 Å². The van der Waals surface area contributed by atoms with E-state index in [0.29, 0.717) is 17.5 Å². The Hall–Kier alpha value is -2.36. The number of aryl methyl sites for hydroxylation is 2. The van der Waals surface area contributed by atoms with Crippen molar-refractivity contribution in [2.45, 2.75) is 13.8 Å². The Kier molecular flexibility index (Phi) is 3.28. The number of hydrogen-bond acceptors (Lipinski definition) is 2. The summed E-state index contributed by atoms with van der Waals surface area (Å²) in [6.45, 7) is 3.94. The standard InChI is InChI=1S/C14H14N2O2/c1-9-3-4-12(10(2)5-9)16-14(18)13-6-11(8-17)7-15-13/h3-8,15H,1-2H3,(H,16,18). The molecule has 0 aliphatic rings. The van der Waals surface area contributed by atoms with Gasteiger partial charge in [-0.3, -0.25) is 9.59 Å². The van der Waals surface area contributed by atoms with Crippen LogP contribution in [0.1, 0.15) is 32.0 Å². The molecule has 0 spiro atoms. The Morgan fingerprint density at radius 1 is 1.28 bits per heavy atom. The third-order valence-corrected chi connectivity index (χ3v) is 2.72. The number of aromatic amines is 1. The average Bonchev–Trinajstić information content (AvgIpc) is 2.81. The fraction of sp³-hybridized carbons (Fsp3) is 0.143. The summed E-state index contributed by atoms with van der Waals surface area (Å²) in [7, 11) is 0. The van der Waals surface area contributed by atoms with Gasteiger partial charge in [-0.15, -0.1) is 0 Å². The molecular weight excluding hydrogens is 228 g/mol. The van der Waals surface area contributed by atoms with Crippen LogP contribution in [0.4, 0.5) is 5.69 Å². The van der Waals surface area contributed by atoms with Crippen LogP contribution >= 0.6 is 0 Å². The van der Waals surface area contributed by atoms with Crippen LogP contribution in [0.15, 0.2) is 30.5 Å². The summed E-state index contributed by atoms with van der Waals surface area (Å²) < 4.78 is 0. The minimum Gasteiger partial charge on any atom is -0.356 e. The van der Waals surface area contributed by atoms with Gasteiger partial charge in [0, 0.05) is 17.4 Å². The highest BCUT2D eigenvalue weighted by Gasteiger charge is 2.09. The molecule has 0 fully saturated rings. The molecule has 18 heavy (non-hydrogen) atoms. The highest BCUT2D eigenvalue weighted by molar-refractivity contribution is 6.04. The van der Waals surface area contributed by atoms with Gasteiger partial charge in [-0.05, 0) is 31.5 Å². The van der Waals surface area contributed by atoms with Gasteiger partial charge in [0.15, 0.2) is 6.29 Å². The molecule has 4 nitrogen and oxygen atoms in total. The first kappa shape index (κ1) is 12.1. The van der Waals surface area contributed by atoms with Crippen molar-refractivity contribution in [2.24, 2.45) is 0 Å². The lowest BCUT2D eigenvalue weighted by Gasteiger charge is -2.08. The van der Waals surface area contributed by atoms with Gasteiger partial charge < -0.3 is 10.3 Å². The Morgan fingerprint density at radius 3 is 2.67 bits per heavy atom.